The lowest BCUT2D eigenvalue weighted by Gasteiger charge is -2.02. The van der Waals surface area contributed by atoms with Gasteiger partial charge in [0.1, 0.15) is 0 Å². The summed E-state index contributed by atoms with van der Waals surface area (Å²) in [5.41, 5.74) is 1.38. The number of furan rings is 1. The molecule has 2 aromatic rings. The molecule has 0 aliphatic carbocycles. The molecule has 82 valence electrons. The molecule has 0 bridgehead atoms. The highest BCUT2D eigenvalue weighted by atomic mass is 79.9. The second-order valence-electron chi connectivity index (χ2n) is 3.36. The Hall–Kier alpha value is -1.06. The van der Waals surface area contributed by atoms with E-state index in [1.807, 2.05) is 0 Å². The highest BCUT2D eigenvalue weighted by Gasteiger charge is 2.11. The molecule has 0 saturated carbocycles. The maximum absolute atomic E-state index is 11.9. The maximum atomic E-state index is 11.9. The van der Waals surface area contributed by atoms with Gasteiger partial charge in [-0.1, -0.05) is 27.5 Å². The zero-order valence-electron chi connectivity index (χ0n) is 8.24. The summed E-state index contributed by atoms with van der Waals surface area (Å²) in [4.78, 5) is 11.9. The summed E-state index contributed by atoms with van der Waals surface area (Å²) < 4.78 is 5.77. The van der Waals surface area contributed by atoms with Crippen molar-refractivity contribution in [2.75, 3.05) is 0 Å². The van der Waals surface area contributed by atoms with Gasteiger partial charge >= 0.3 is 0 Å². The Bertz CT molecular complexity index is 506. The van der Waals surface area contributed by atoms with Crippen LogP contribution < -0.4 is 0 Å². The zero-order chi connectivity index (χ0) is 11.5. The molecule has 4 heteroatoms. The van der Waals surface area contributed by atoms with Crippen molar-refractivity contribution in [2.24, 2.45) is 0 Å². The number of rotatable bonds is 3. The van der Waals surface area contributed by atoms with Crippen LogP contribution in [0.3, 0.4) is 0 Å². The average Bonchev–Trinajstić information content (AvgIpc) is 2.70. The topological polar surface area (TPSA) is 30.2 Å². The molecule has 1 aromatic carbocycles. The fourth-order valence-electron chi connectivity index (χ4n) is 1.39. The second kappa shape index (κ2) is 4.85. The first-order chi connectivity index (χ1) is 7.66. The summed E-state index contributed by atoms with van der Waals surface area (Å²) in [7, 11) is 0. The van der Waals surface area contributed by atoms with Gasteiger partial charge in [-0.05, 0) is 29.8 Å². The molecular weight excluding hydrogens is 291 g/mol. The van der Waals surface area contributed by atoms with Crippen molar-refractivity contribution in [3.05, 3.63) is 57.4 Å². The SMILES string of the molecule is O=C(Cc1ccoc1)c1ccc(Br)cc1Cl. The van der Waals surface area contributed by atoms with Crippen LogP contribution in [0.1, 0.15) is 15.9 Å². The summed E-state index contributed by atoms with van der Waals surface area (Å²) in [5.74, 6) is -0.0149. The number of hydrogen-bond donors (Lipinski definition) is 0. The van der Waals surface area contributed by atoms with E-state index in [-0.39, 0.29) is 5.78 Å². The Labute approximate surface area is 106 Å². The minimum Gasteiger partial charge on any atom is -0.472 e. The minimum atomic E-state index is -0.0149. The van der Waals surface area contributed by atoms with Crippen LogP contribution in [0.15, 0.2) is 45.7 Å². The molecule has 0 fully saturated rings. The van der Waals surface area contributed by atoms with Crippen molar-refractivity contribution in [2.45, 2.75) is 6.42 Å². The molecule has 0 unspecified atom stereocenters. The van der Waals surface area contributed by atoms with Gasteiger partial charge < -0.3 is 4.42 Å². The first-order valence-corrected chi connectivity index (χ1v) is 5.83. The molecule has 0 spiro atoms. The van der Waals surface area contributed by atoms with E-state index in [0.29, 0.717) is 17.0 Å². The van der Waals surface area contributed by atoms with Crippen molar-refractivity contribution in [3.8, 4) is 0 Å². The predicted molar refractivity (Wildman–Crippen MR) is 65.9 cm³/mol. The summed E-state index contributed by atoms with van der Waals surface area (Å²) in [5, 5.41) is 0.461. The van der Waals surface area contributed by atoms with Crippen LogP contribution in [0.25, 0.3) is 0 Å². The van der Waals surface area contributed by atoms with Crippen molar-refractivity contribution >= 4 is 33.3 Å². The highest BCUT2D eigenvalue weighted by molar-refractivity contribution is 9.10. The van der Waals surface area contributed by atoms with E-state index in [0.717, 1.165) is 10.0 Å². The van der Waals surface area contributed by atoms with E-state index in [1.54, 1.807) is 36.8 Å². The Balaban J connectivity index is 2.21. The number of benzene rings is 1. The van der Waals surface area contributed by atoms with Crippen LogP contribution in [0, 0.1) is 0 Å². The predicted octanol–water partition coefficient (Wildman–Crippen LogP) is 4.12. The molecule has 0 amide bonds. The summed E-state index contributed by atoms with van der Waals surface area (Å²) >= 11 is 9.29. The third-order valence-electron chi connectivity index (χ3n) is 2.18. The molecule has 0 saturated heterocycles. The van der Waals surface area contributed by atoms with Gasteiger partial charge in [0.15, 0.2) is 5.78 Å². The van der Waals surface area contributed by atoms with Crippen LogP contribution >= 0.6 is 27.5 Å². The normalized spacial score (nSPS) is 10.4. The van der Waals surface area contributed by atoms with E-state index in [9.17, 15) is 4.79 Å². The fourth-order valence-corrected chi connectivity index (χ4v) is 2.17. The van der Waals surface area contributed by atoms with Gasteiger partial charge in [-0.3, -0.25) is 4.79 Å². The zero-order valence-corrected chi connectivity index (χ0v) is 10.6. The van der Waals surface area contributed by atoms with E-state index < -0.39 is 0 Å². The highest BCUT2D eigenvalue weighted by Crippen LogP contribution is 2.22. The Morgan fingerprint density at radius 3 is 2.81 bits per heavy atom. The number of halogens is 2. The van der Waals surface area contributed by atoms with Crippen LogP contribution in [-0.2, 0) is 6.42 Å². The van der Waals surface area contributed by atoms with E-state index >= 15 is 0 Å². The van der Waals surface area contributed by atoms with Crippen molar-refractivity contribution in [1.82, 2.24) is 0 Å². The fraction of sp³-hybridized carbons (Fsp3) is 0.0833. The van der Waals surface area contributed by atoms with Crippen molar-refractivity contribution in [1.29, 1.82) is 0 Å². The van der Waals surface area contributed by atoms with Crippen LogP contribution in [-0.4, -0.2) is 5.78 Å². The molecule has 0 N–H and O–H groups in total. The van der Waals surface area contributed by atoms with Gasteiger partial charge in [0.2, 0.25) is 0 Å². The molecular formula is C12H8BrClO2. The smallest absolute Gasteiger partial charge is 0.168 e. The lowest BCUT2D eigenvalue weighted by atomic mass is 10.1. The van der Waals surface area contributed by atoms with Crippen LogP contribution in [0.5, 0.6) is 0 Å². The van der Waals surface area contributed by atoms with Gasteiger partial charge in [0, 0.05) is 16.5 Å². The van der Waals surface area contributed by atoms with E-state index in [1.165, 1.54) is 0 Å². The summed E-state index contributed by atoms with van der Waals surface area (Å²) in [6.07, 6.45) is 3.41. The van der Waals surface area contributed by atoms with Gasteiger partial charge in [-0.2, -0.15) is 0 Å². The van der Waals surface area contributed by atoms with E-state index in [4.69, 9.17) is 16.0 Å². The molecule has 0 radical (unpaired) electrons. The molecule has 0 aliphatic rings. The molecule has 1 heterocycles. The summed E-state index contributed by atoms with van der Waals surface area (Å²) in [6, 6.07) is 7.00. The Morgan fingerprint density at radius 1 is 1.38 bits per heavy atom. The molecule has 1 aromatic heterocycles. The Kier molecular flexibility index (Phi) is 3.46. The van der Waals surface area contributed by atoms with Crippen LogP contribution in [0.2, 0.25) is 5.02 Å². The molecule has 2 nitrogen and oxygen atoms in total. The maximum Gasteiger partial charge on any atom is 0.168 e. The van der Waals surface area contributed by atoms with Gasteiger partial charge in [-0.15, -0.1) is 0 Å². The Morgan fingerprint density at radius 2 is 2.19 bits per heavy atom. The quantitative estimate of drug-likeness (QED) is 0.798. The minimum absolute atomic E-state index is 0.0149. The standard InChI is InChI=1S/C12H8BrClO2/c13-9-1-2-10(11(14)6-9)12(15)5-8-3-4-16-7-8/h1-4,6-7H,5H2. The third-order valence-corrected chi connectivity index (χ3v) is 2.98. The van der Waals surface area contributed by atoms with Crippen LogP contribution in [0.4, 0.5) is 0 Å². The molecule has 0 aliphatic heterocycles. The number of carbonyl (C=O) groups excluding carboxylic acids is 1. The first-order valence-electron chi connectivity index (χ1n) is 4.66. The number of hydrogen-bond acceptors (Lipinski definition) is 2. The molecule has 0 atom stereocenters. The molecule has 2 rings (SSSR count). The van der Waals surface area contributed by atoms with Gasteiger partial charge in [0.05, 0.1) is 17.5 Å². The lowest BCUT2D eigenvalue weighted by Crippen LogP contribution is -2.03. The monoisotopic (exact) mass is 298 g/mol. The molecule has 16 heavy (non-hydrogen) atoms. The third kappa shape index (κ3) is 2.54. The van der Waals surface area contributed by atoms with Crippen molar-refractivity contribution < 1.29 is 9.21 Å². The summed E-state index contributed by atoms with van der Waals surface area (Å²) in [6.45, 7) is 0. The number of ketones is 1. The largest absolute Gasteiger partial charge is 0.472 e. The van der Waals surface area contributed by atoms with Gasteiger partial charge in [-0.25, -0.2) is 0 Å². The van der Waals surface area contributed by atoms with E-state index in [2.05, 4.69) is 15.9 Å². The number of Topliss-reactive ketones (excluding diaryl/α,β-unsaturated/α-hetero) is 1. The average molecular weight is 300 g/mol. The second-order valence-corrected chi connectivity index (χ2v) is 4.68. The number of carbonyl (C=O) groups is 1. The lowest BCUT2D eigenvalue weighted by molar-refractivity contribution is 0.0993. The van der Waals surface area contributed by atoms with Gasteiger partial charge in [0.25, 0.3) is 0 Å². The van der Waals surface area contributed by atoms with Crippen molar-refractivity contribution in [3.63, 3.8) is 0 Å². The first kappa shape index (κ1) is 11.4.